The number of hydrogen-bond acceptors (Lipinski definition) is 3. The molecule has 0 fully saturated rings. The smallest absolute Gasteiger partial charge is 0.286 e. The van der Waals surface area contributed by atoms with Gasteiger partial charge in [-0.15, -0.1) is 0 Å². The summed E-state index contributed by atoms with van der Waals surface area (Å²) in [5.74, 6) is 0.130. The first-order chi connectivity index (χ1) is 9.72. The summed E-state index contributed by atoms with van der Waals surface area (Å²) in [5.41, 5.74) is 3.06. The third-order valence-corrected chi connectivity index (χ3v) is 3.06. The van der Waals surface area contributed by atoms with Crippen molar-refractivity contribution >= 4 is 11.6 Å². The molecule has 0 aromatic carbocycles. The lowest BCUT2D eigenvalue weighted by atomic mass is 10.3. The summed E-state index contributed by atoms with van der Waals surface area (Å²) in [4.78, 5) is 16.2. The van der Waals surface area contributed by atoms with Crippen molar-refractivity contribution in [1.29, 1.82) is 0 Å². The van der Waals surface area contributed by atoms with Gasteiger partial charge in [-0.3, -0.25) is 4.79 Å². The highest BCUT2D eigenvalue weighted by Gasteiger charge is 2.08. The maximum absolute atomic E-state index is 11.7. The van der Waals surface area contributed by atoms with Crippen LogP contribution in [0.1, 0.15) is 21.8 Å². The minimum atomic E-state index is -0.199. The first-order valence-corrected chi connectivity index (χ1v) is 6.48. The summed E-state index contributed by atoms with van der Waals surface area (Å²) in [7, 11) is 0. The minimum Gasteiger partial charge on any atom is -0.459 e. The van der Waals surface area contributed by atoms with Crippen molar-refractivity contribution in [3.63, 3.8) is 0 Å². The number of nitrogens with zero attached hydrogens (tertiary/aromatic N) is 2. The molecular weight excluding hydrogens is 254 g/mol. The average molecular weight is 269 g/mol. The number of carbonyl (C=O) groups is 1. The number of rotatable bonds is 4. The van der Waals surface area contributed by atoms with E-state index in [-0.39, 0.29) is 5.91 Å². The van der Waals surface area contributed by atoms with Gasteiger partial charge in [0.05, 0.1) is 12.0 Å². The number of pyridine rings is 1. The van der Waals surface area contributed by atoms with Crippen molar-refractivity contribution in [2.75, 3.05) is 6.54 Å². The Bertz CT molecular complexity index is 729. The molecule has 0 atom stereocenters. The molecule has 1 N–H and O–H groups in total. The molecule has 0 saturated carbocycles. The Morgan fingerprint density at radius 1 is 1.35 bits per heavy atom. The highest BCUT2D eigenvalue weighted by Crippen LogP contribution is 2.07. The molecule has 5 heteroatoms. The molecule has 0 unspecified atom stereocenters. The molecule has 0 aliphatic rings. The van der Waals surface area contributed by atoms with Gasteiger partial charge >= 0.3 is 0 Å². The average Bonchev–Trinajstić information content (AvgIpc) is 3.06. The summed E-state index contributed by atoms with van der Waals surface area (Å²) in [6, 6.07) is 7.35. The van der Waals surface area contributed by atoms with Gasteiger partial charge in [-0.2, -0.15) is 0 Å². The molecule has 3 heterocycles. The van der Waals surface area contributed by atoms with Crippen LogP contribution in [0.4, 0.5) is 0 Å². The first kappa shape index (κ1) is 12.5. The van der Waals surface area contributed by atoms with Crippen LogP contribution in [-0.4, -0.2) is 21.8 Å². The number of amides is 1. The number of aromatic nitrogens is 2. The predicted octanol–water partition coefficient (Wildman–Crippen LogP) is 2.21. The third-order valence-electron chi connectivity index (χ3n) is 3.06. The van der Waals surface area contributed by atoms with E-state index in [0.717, 1.165) is 11.3 Å². The molecule has 102 valence electrons. The van der Waals surface area contributed by atoms with Gasteiger partial charge in [-0.25, -0.2) is 4.98 Å². The summed E-state index contributed by atoms with van der Waals surface area (Å²) in [5, 5.41) is 2.81. The van der Waals surface area contributed by atoms with Crippen LogP contribution in [0.5, 0.6) is 0 Å². The second kappa shape index (κ2) is 5.21. The standard InChI is InChI=1S/C15H15N3O2/c1-11-4-5-14-17-12(10-18(14)9-11)6-7-16-15(19)13-3-2-8-20-13/h2-5,8-10H,6-7H2,1H3,(H,16,19). The van der Waals surface area contributed by atoms with E-state index in [4.69, 9.17) is 4.42 Å². The van der Waals surface area contributed by atoms with Gasteiger partial charge in [0.15, 0.2) is 5.76 Å². The molecular formula is C15H15N3O2. The summed E-state index contributed by atoms with van der Waals surface area (Å²) >= 11 is 0. The van der Waals surface area contributed by atoms with E-state index in [1.807, 2.05) is 35.9 Å². The number of hydrogen-bond donors (Lipinski definition) is 1. The molecule has 0 aliphatic heterocycles. The number of carbonyl (C=O) groups excluding carboxylic acids is 1. The normalized spacial score (nSPS) is 10.8. The SMILES string of the molecule is Cc1ccc2nc(CCNC(=O)c3ccco3)cn2c1. The van der Waals surface area contributed by atoms with E-state index in [1.54, 1.807) is 12.1 Å². The highest BCUT2D eigenvalue weighted by molar-refractivity contribution is 5.91. The van der Waals surface area contributed by atoms with Crippen molar-refractivity contribution in [3.05, 3.63) is 59.9 Å². The molecule has 3 rings (SSSR count). The quantitative estimate of drug-likeness (QED) is 0.790. The highest BCUT2D eigenvalue weighted by atomic mass is 16.3. The lowest BCUT2D eigenvalue weighted by Crippen LogP contribution is -2.25. The van der Waals surface area contributed by atoms with Crippen LogP contribution < -0.4 is 5.32 Å². The van der Waals surface area contributed by atoms with Crippen molar-refractivity contribution in [1.82, 2.24) is 14.7 Å². The van der Waals surface area contributed by atoms with Gasteiger partial charge in [0.25, 0.3) is 5.91 Å². The minimum absolute atomic E-state index is 0.199. The van der Waals surface area contributed by atoms with Crippen LogP contribution in [0.25, 0.3) is 5.65 Å². The molecule has 0 bridgehead atoms. The van der Waals surface area contributed by atoms with Crippen LogP contribution in [-0.2, 0) is 6.42 Å². The molecule has 0 aliphatic carbocycles. The van der Waals surface area contributed by atoms with Crippen LogP contribution in [0.15, 0.2) is 47.3 Å². The molecule has 0 spiro atoms. The van der Waals surface area contributed by atoms with Gasteiger partial charge < -0.3 is 14.1 Å². The number of furan rings is 1. The molecule has 20 heavy (non-hydrogen) atoms. The Kier molecular flexibility index (Phi) is 3.25. The van der Waals surface area contributed by atoms with Crippen LogP contribution in [0.2, 0.25) is 0 Å². The van der Waals surface area contributed by atoms with E-state index in [2.05, 4.69) is 10.3 Å². The van der Waals surface area contributed by atoms with Crippen molar-refractivity contribution in [2.24, 2.45) is 0 Å². The fraction of sp³-hybridized carbons (Fsp3) is 0.200. The zero-order valence-corrected chi connectivity index (χ0v) is 11.2. The van der Waals surface area contributed by atoms with Gasteiger partial charge in [0, 0.05) is 25.4 Å². The van der Waals surface area contributed by atoms with Gasteiger partial charge in [-0.05, 0) is 30.7 Å². The zero-order chi connectivity index (χ0) is 13.9. The fourth-order valence-corrected chi connectivity index (χ4v) is 2.07. The monoisotopic (exact) mass is 269 g/mol. The van der Waals surface area contributed by atoms with E-state index in [1.165, 1.54) is 11.8 Å². The zero-order valence-electron chi connectivity index (χ0n) is 11.2. The van der Waals surface area contributed by atoms with Gasteiger partial charge in [-0.1, -0.05) is 6.07 Å². The summed E-state index contributed by atoms with van der Waals surface area (Å²) < 4.78 is 7.03. The Hall–Kier alpha value is -2.56. The van der Waals surface area contributed by atoms with E-state index < -0.39 is 0 Å². The number of nitrogens with one attached hydrogen (secondary N) is 1. The molecule has 3 aromatic rings. The van der Waals surface area contributed by atoms with Crippen LogP contribution >= 0.6 is 0 Å². The first-order valence-electron chi connectivity index (χ1n) is 6.48. The molecule has 0 saturated heterocycles. The number of aryl methyl sites for hydroxylation is 1. The van der Waals surface area contributed by atoms with Gasteiger partial charge in [0.2, 0.25) is 0 Å². The molecule has 1 amide bonds. The van der Waals surface area contributed by atoms with E-state index in [9.17, 15) is 4.79 Å². The molecule has 5 nitrogen and oxygen atoms in total. The van der Waals surface area contributed by atoms with Crippen LogP contribution in [0, 0.1) is 6.92 Å². The van der Waals surface area contributed by atoms with Crippen molar-refractivity contribution in [2.45, 2.75) is 13.3 Å². The second-order valence-corrected chi connectivity index (χ2v) is 4.69. The largest absolute Gasteiger partial charge is 0.459 e. The molecule has 3 aromatic heterocycles. The lowest BCUT2D eigenvalue weighted by Gasteiger charge is -2.00. The predicted molar refractivity (Wildman–Crippen MR) is 74.7 cm³/mol. The Labute approximate surface area is 116 Å². The number of fused-ring (bicyclic) bond motifs is 1. The summed E-state index contributed by atoms with van der Waals surface area (Å²) in [6.45, 7) is 2.57. The van der Waals surface area contributed by atoms with E-state index >= 15 is 0 Å². The Balaban J connectivity index is 1.61. The maximum Gasteiger partial charge on any atom is 0.286 e. The Morgan fingerprint density at radius 3 is 3.05 bits per heavy atom. The fourth-order valence-electron chi connectivity index (χ4n) is 2.07. The van der Waals surface area contributed by atoms with Crippen molar-refractivity contribution < 1.29 is 9.21 Å². The topological polar surface area (TPSA) is 59.5 Å². The number of imidazole rings is 1. The van der Waals surface area contributed by atoms with Crippen molar-refractivity contribution in [3.8, 4) is 0 Å². The Morgan fingerprint density at radius 2 is 2.25 bits per heavy atom. The summed E-state index contributed by atoms with van der Waals surface area (Å²) in [6.07, 6.45) is 6.20. The van der Waals surface area contributed by atoms with E-state index in [0.29, 0.717) is 18.7 Å². The third kappa shape index (κ3) is 2.56. The van der Waals surface area contributed by atoms with Gasteiger partial charge in [0.1, 0.15) is 5.65 Å². The molecule has 0 radical (unpaired) electrons. The maximum atomic E-state index is 11.7. The lowest BCUT2D eigenvalue weighted by molar-refractivity contribution is 0.0926. The second-order valence-electron chi connectivity index (χ2n) is 4.69. The van der Waals surface area contributed by atoms with Crippen LogP contribution in [0.3, 0.4) is 0 Å².